The van der Waals surface area contributed by atoms with Crippen LogP contribution in [0.15, 0.2) is 39.6 Å². The molecule has 4 heteroatoms. The molecule has 1 aromatic carbocycles. The minimum atomic E-state index is -0.149. The molecule has 0 aliphatic carbocycles. The first-order chi connectivity index (χ1) is 8.38. The van der Waals surface area contributed by atoms with Crippen LogP contribution >= 0.6 is 15.9 Å². The second-order valence-electron chi connectivity index (χ2n) is 5.21. The number of hydrogen-bond acceptors (Lipinski definition) is 2. The van der Waals surface area contributed by atoms with Gasteiger partial charge in [0.25, 0.3) is 5.56 Å². The molecule has 0 radical (unpaired) electrons. The van der Waals surface area contributed by atoms with Crippen molar-refractivity contribution in [3.8, 4) is 11.4 Å². The zero-order valence-electron chi connectivity index (χ0n) is 10.6. The van der Waals surface area contributed by atoms with Crippen LogP contribution in [-0.4, -0.2) is 9.97 Å². The number of nitrogens with one attached hydrogen (secondary N) is 1. The van der Waals surface area contributed by atoms with E-state index in [1.807, 2.05) is 45.0 Å². The van der Waals surface area contributed by atoms with E-state index in [9.17, 15) is 4.79 Å². The molecular weight excluding hydrogens is 292 g/mol. The highest BCUT2D eigenvalue weighted by Crippen LogP contribution is 2.26. The Morgan fingerprint density at radius 1 is 1.22 bits per heavy atom. The first-order valence-electron chi connectivity index (χ1n) is 5.75. The van der Waals surface area contributed by atoms with Gasteiger partial charge < -0.3 is 4.98 Å². The summed E-state index contributed by atoms with van der Waals surface area (Å²) in [4.78, 5) is 19.1. The zero-order chi connectivity index (χ0) is 13.3. The Hall–Kier alpha value is -1.42. The van der Waals surface area contributed by atoms with Gasteiger partial charge in [-0.05, 0) is 6.07 Å². The van der Waals surface area contributed by atoms with Gasteiger partial charge in [0.15, 0.2) is 0 Å². The lowest BCUT2D eigenvalue weighted by atomic mass is 9.92. The molecule has 0 bridgehead atoms. The Morgan fingerprint density at radius 2 is 1.89 bits per heavy atom. The fraction of sp³-hybridized carbons (Fsp3) is 0.286. The Labute approximate surface area is 114 Å². The molecule has 1 heterocycles. The quantitative estimate of drug-likeness (QED) is 0.876. The van der Waals surface area contributed by atoms with Crippen LogP contribution in [0.2, 0.25) is 0 Å². The fourth-order valence-corrected chi connectivity index (χ4v) is 2.10. The molecule has 0 saturated carbocycles. The van der Waals surface area contributed by atoms with Crippen LogP contribution in [0.1, 0.15) is 26.5 Å². The molecule has 0 spiro atoms. The lowest BCUT2D eigenvalue weighted by Gasteiger charge is -2.18. The molecule has 0 aliphatic rings. The average molecular weight is 307 g/mol. The van der Waals surface area contributed by atoms with E-state index in [-0.39, 0.29) is 11.0 Å². The highest BCUT2D eigenvalue weighted by molar-refractivity contribution is 9.10. The SMILES string of the molecule is CC(C)(C)c1cc(=O)[nH]c(-c2ccccc2Br)n1. The molecule has 2 aromatic rings. The lowest BCUT2D eigenvalue weighted by molar-refractivity contribution is 0.566. The van der Waals surface area contributed by atoms with Crippen molar-refractivity contribution < 1.29 is 0 Å². The van der Waals surface area contributed by atoms with Gasteiger partial charge in [-0.1, -0.05) is 54.9 Å². The molecule has 1 aromatic heterocycles. The van der Waals surface area contributed by atoms with E-state index in [1.54, 1.807) is 6.07 Å². The maximum Gasteiger partial charge on any atom is 0.251 e. The van der Waals surface area contributed by atoms with Crippen molar-refractivity contribution in [1.29, 1.82) is 0 Å². The molecule has 94 valence electrons. The van der Waals surface area contributed by atoms with Crippen LogP contribution in [0.5, 0.6) is 0 Å². The third kappa shape index (κ3) is 2.70. The van der Waals surface area contributed by atoms with Crippen molar-refractivity contribution >= 4 is 15.9 Å². The highest BCUT2D eigenvalue weighted by atomic mass is 79.9. The summed E-state index contributed by atoms with van der Waals surface area (Å²) < 4.78 is 0.916. The molecule has 3 nitrogen and oxygen atoms in total. The van der Waals surface area contributed by atoms with Crippen LogP contribution in [0.4, 0.5) is 0 Å². The second-order valence-corrected chi connectivity index (χ2v) is 6.06. The Morgan fingerprint density at radius 3 is 2.50 bits per heavy atom. The largest absolute Gasteiger partial charge is 0.306 e. The summed E-state index contributed by atoms with van der Waals surface area (Å²) in [5.41, 5.74) is 1.41. The van der Waals surface area contributed by atoms with Crippen molar-refractivity contribution in [2.45, 2.75) is 26.2 Å². The summed E-state index contributed by atoms with van der Waals surface area (Å²) in [6, 6.07) is 9.26. The van der Waals surface area contributed by atoms with Crippen molar-refractivity contribution in [2.24, 2.45) is 0 Å². The van der Waals surface area contributed by atoms with Gasteiger partial charge in [0, 0.05) is 21.5 Å². The summed E-state index contributed by atoms with van der Waals surface area (Å²) in [6.07, 6.45) is 0. The maximum atomic E-state index is 11.7. The number of aromatic nitrogens is 2. The van der Waals surface area contributed by atoms with E-state index in [2.05, 4.69) is 25.9 Å². The smallest absolute Gasteiger partial charge is 0.251 e. The van der Waals surface area contributed by atoms with E-state index in [4.69, 9.17) is 0 Å². The number of halogens is 1. The summed E-state index contributed by atoms with van der Waals surface area (Å²) in [5.74, 6) is 0.597. The number of hydrogen-bond donors (Lipinski definition) is 1. The Kier molecular flexibility index (Phi) is 3.39. The summed E-state index contributed by atoms with van der Waals surface area (Å²) in [6.45, 7) is 6.12. The molecular formula is C14H15BrN2O. The van der Waals surface area contributed by atoms with Crippen molar-refractivity contribution in [3.05, 3.63) is 50.9 Å². The first kappa shape index (κ1) is 13.0. The molecule has 1 N–H and O–H groups in total. The predicted octanol–water partition coefficient (Wildman–Crippen LogP) is 3.50. The van der Waals surface area contributed by atoms with Gasteiger partial charge in [-0.2, -0.15) is 0 Å². The van der Waals surface area contributed by atoms with Crippen LogP contribution in [-0.2, 0) is 5.41 Å². The number of nitrogens with zero attached hydrogens (tertiary/aromatic N) is 1. The average Bonchev–Trinajstić information content (AvgIpc) is 2.27. The topological polar surface area (TPSA) is 45.8 Å². The molecule has 0 unspecified atom stereocenters. The number of aromatic amines is 1. The van der Waals surface area contributed by atoms with Crippen molar-refractivity contribution in [3.63, 3.8) is 0 Å². The second kappa shape index (κ2) is 4.69. The zero-order valence-corrected chi connectivity index (χ0v) is 12.2. The summed E-state index contributed by atoms with van der Waals surface area (Å²) in [7, 11) is 0. The van der Waals surface area contributed by atoms with Crippen LogP contribution in [0.3, 0.4) is 0 Å². The van der Waals surface area contributed by atoms with Gasteiger partial charge in [-0.3, -0.25) is 4.79 Å². The predicted molar refractivity (Wildman–Crippen MR) is 76.7 cm³/mol. The summed E-state index contributed by atoms with van der Waals surface area (Å²) in [5, 5.41) is 0. The minimum absolute atomic E-state index is 0.124. The first-order valence-corrected chi connectivity index (χ1v) is 6.54. The van der Waals surface area contributed by atoms with Crippen LogP contribution in [0, 0.1) is 0 Å². The molecule has 0 aliphatic heterocycles. The third-order valence-electron chi connectivity index (χ3n) is 2.64. The molecule has 18 heavy (non-hydrogen) atoms. The van der Waals surface area contributed by atoms with Gasteiger partial charge in [-0.25, -0.2) is 4.98 Å². The molecule has 2 rings (SSSR count). The summed E-state index contributed by atoms with van der Waals surface area (Å²) >= 11 is 3.47. The lowest BCUT2D eigenvalue weighted by Crippen LogP contribution is -2.19. The van der Waals surface area contributed by atoms with Gasteiger partial charge >= 0.3 is 0 Å². The number of rotatable bonds is 1. The van der Waals surface area contributed by atoms with Crippen molar-refractivity contribution in [1.82, 2.24) is 9.97 Å². The van der Waals surface area contributed by atoms with Gasteiger partial charge in [0.2, 0.25) is 0 Å². The maximum absolute atomic E-state index is 11.7. The van der Waals surface area contributed by atoms with E-state index < -0.39 is 0 Å². The minimum Gasteiger partial charge on any atom is -0.306 e. The van der Waals surface area contributed by atoms with Crippen molar-refractivity contribution in [2.75, 3.05) is 0 Å². The third-order valence-corrected chi connectivity index (χ3v) is 3.33. The van der Waals surface area contributed by atoms with E-state index >= 15 is 0 Å². The molecule has 0 amide bonds. The molecule has 0 fully saturated rings. The fourth-order valence-electron chi connectivity index (χ4n) is 1.62. The molecule has 0 saturated heterocycles. The van der Waals surface area contributed by atoms with Crippen LogP contribution < -0.4 is 5.56 Å². The van der Waals surface area contributed by atoms with Gasteiger partial charge in [0.05, 0.1) is 5.69 Å². The van der Waals surface area contributed by atoms with Crippen LogP contribution in [0.25, 0.3) is 11.4 Å². The Bertz CT molecular complexity index is 626. The van der Waals surface area contributed by atoms with E-state index in [1.165, 1.54) is 0 Å². The van der Waals surface area contributed by atoms with E-state index in [0.717, 1.165) is 15.7 Å². The molecule has 0 atom stereocenters. The number of H-pyrrole nitrogens is 1. The van der Waals surface area contributed by atoms with E-state index in [0.29, 0.717) is 5.82 Å². The monoisotopic (exact) mass is 306 g/mol. The Balaban J connectivity index is 2.63. The van der Waals surface area contributed by atoms with Gasteiger partial charge in [0.1, 0.15) is 5.82 Å². The van der Waals surface area contributed by atoms with Gasteiger partial charge in [-0.15, -0.1) is 0 Å². The highest BCUT2D eigenvalue weighted by Gasteiger charge is 2.18. The standard InChI is InChI=1S/C14H15BrN2O/c1-14(2,3)11-8-12(18)17-13(16-11)9-6-4-5-7-10(9)15/h4-8H,1-3H3,(H,16,17,18). The number of benzene rings is 1. The normalized spacial score (nSPS) is 11.6.